The molecule has 0 aliphatic heterocycles. The molecule has 0 unspecified atom stereocenters. The monoisotopic (exact) mass is 341 g/mol. The molecule has 9 heteroatoms. The van der Waals surface area contributed by atoms with E-state index < -0.39 is 4.92 Å². The molecule has 3 rings (SSSR count). The third kappa shape index (κ3) is 3.09. The summed E-state index contributed by atoms with van der Waals surface area (Å²) in [6.07, 6.45) is 0.247. The Balaban J connectivity index is 1.87. The standard InChI is InChI=1S/C15H11N5O3S/c16-4-1-5-17-15(21)9-2-3-11-12(6-9)19-14(18-11)10-7-13(20(22)23)24-8-10/h2-3,6-8H,1,5H2,(H,17,21)(H,18,19). The van der Waals surface area contributed by atoms with E-state index in [4.69, 9.17) is 5.26 Å². The zero-order chi connectivity index (χ0) is 17.1. The summed E-state index contributed by atoms with van der Waals surface area (Å²) in [5.41, 5.74) is 2.39. The number of nitro groups is 1. The van der Waals surface area contributed by atoms with Gasteiger partial charge in [0.1, 0.15) is 5.82 Å². The fourth-order valence-electron chi connectivity index (χ4n) is 2.16. The van der Waals surface area contributed by atoms with Crippen LogP contribution in [0.3, 0.4) is 0 Å². The lowest BCUT2D eigenvalue weighted by atomic mass is 10.2. The number of fused-ring (bicyclic) bond motifs is 1. The van der Waals surface area contributed by atoms with Crippen molar-refractivity contribution < 1.29 is 9.72 Å². The summed E-state index contributed by atoms with van der Waals surface area (Å²) >= 11 is 1.03. The lowest BCUT2D eigenvalue weighted by Gasteiger charge is -2.02. The van der Waals surface area contributed by atoms with Crippen LogP contribution in [-0.2, 0) is 0 Å². The third-order valence-electron chi connectivity index (χ3n) is 3.31. The highest BCUT2D eigenvalue weighted by atomic mass is 32.1. The maximum Gasteiger partial charge on any atom is 0.324 e. The first-order valence-electron chi connectivity index (χ1n) is 6.96. The van der Waals surface area contributed by atoms with Crippen molar-refractivity contribution in [1.82, 2.24) is 15.3 Å². The number of benzene rings is 1. The van der Waals surface area contributed by atoms with Gasteiger partial charge < -0.3 is 10.3 Å². The molecule has 120 valence electrons. The smallest absolute Gasteiger partial charge is 0.324 e. The molecule has 8 nitrogen and oxygen atoms in total. The number of aromatic nitrogens is 2. The number of amides is 1. The predicted molar refractivity (Wildman–Crippen MR) is 88.6 cm³/mol. The average Bonchev–Trinajstić information content (AvgIpc) is 3.20. The second kappa shape index (κ2) is 6.47. The van der Waals surface area contributed by atoms with Crippen molar-refractivity contribution in [3.05, 3.63) is 45.3 Å². The quantitative estimate of drug-likeness (QED) is 0.419. The van der Waals surface area contributed by atoms with Gasteiger partial charge in [0.25, 0.3) is 5.91 Å². The number of carbonyl (C=O) groups is 1. The van der Waals surface area contributed by atoms with Crippen LogP contribution in [-0.4, -0.2) is 27.3 Å². The van der Waals surface area contributed by atoms with Gasteiger partial charge in [-0.2, -0.15) is 5.26 Å². The van der Waals surface area contributed by atoms with Gasteiger partial charge in [-0.15, -0.1) is 0 Å². The molecule has 2 aromatic heterocycles. The van der Waals surface area contributed by atoms with Gasteiger partial charge in [0.2, 0.25) is 0 Å². The number of H-pyrrole nitrogens is 1. The number of carbonyl (C=O) groups excluding carboxylic acids is 1. The van der Waals surface area contributed by atoms with Gasteiger partial charge in [-0.25, -0.2) is 4.98 Å². The molecule has 0 aliphatic carbocycles. The highest BCUT2D eigenvalue weighted by Gasteiger charge is 2.14. The van der Waals surface area contributed by atoms with Gasteiger partial charge in [-0.05, 0) is 18.2 Å². The topological polar surface area (TPSA) is 125 Å². The molecular weight excluding hydrogens is 330 g/mol. The molecule has 1 amide bonds. The molecule has 3 aromatic rings. The van der Waals surface area contributed by atoms with Crippen molar-refractivity contribution in [3.63, 3.8) is 0 Å². The third-order valence-corrected chi connectivity index (χ3v) is 4.19. The Morgan fingerprint density at radius 2 is 2.29 bits per heavy atom. The zero-order valence-corrected chi connectivity index (χ0v) is 13.1. The summed E-state index contributed by atoms with van der Waals surface area (Å²) < 4.78 is 0. The Morgan fingerprint density at radius 3 is 3.00 bits per heavy atom. The van der Waals surface area contributed by atoms with E-state index in [9.17, 15) is 14.9 Å². The minimum absolute atomic E-state index is 0.0445. The van der Waals surface area contributed by atoms with E-state index >= 15 is 0 Å². The predicted octanol–water partition coefficient (Wildman–Crippen LogP) is 2.84. The highest BCUT2D eigenvalue weighted by Crippen LogP contribution is 2.30. The Kier molecular flexibility index (Phi) is 4.22. The van der Waals surface area contributed by atoms with Crippen molar-refractivity contribution >= 4 is 33.3 Å². The van der Waals surface area contributed by atoms with E-state index in [0.29, 0.717) is 22.5 Å². The molecule has 1 aromatic carbocycles. The number of imidazole rings is 1. The molecule has 2 N–H and O–H groups in total. The minimum Gasteiger partial charge on any atom is -0.351 e. The van der Waals surface area contributed by atoms with Crippen molar-refractivity contribution in [2.45, 2.75) is 6.42 Å². The number of hydrogen-bond donors (Lipinski definition) is 2. The van der Waals surface area contributed by atoms with Crippen LogP contribution in [0.4, 0.5) is 5.00 Å². The van der Waals surface area contributed by atoms with Gasteiger partial charge in [0.15, 0.2) is 0 Å². The lowest BCUT2D eigenvalue weighted by molar-refractivity contribution is -0.380. The molecule has 2 heterocycles. The van der Waals surface area contributed by atoms with E-state index in [1.54, 1.807) is 23.6 Å². The van der Waals surface area contributed by atoms with Gasteiger partial charge >= 0.3 is 5.00 Å². The minimum atomic E-state index is -0.444. The molecule has 0 aliphatic rings. The second-order valence-electron chi connectivity index (χ2n) is 4.91. The summed E-state index contributed by atoms with van der Waals surface area (Å²) in [5, 5.41) is 23.6. The van der Waals surface area contributed by atoms with Crippen LogP contribution in [0.1, 0.15) is 16.8 Å². The Hall–Kier alpha value is -3.25. The van der Waals surface area contributed by atoms with Crippen molar-refractivity contribution in [1.29, 1.82) is 5.26 Å². The van der Waals surface area contributed by atoms with Crippen LogP contribution in [0, 0.1) is 21.4 Å². The average molecular weight is 341 g/mol. The highest BCUT2D eigenvalue weighted by molar-refractivity contribution is 7.13. The van der Waals surface area contributed by atoms with Gasteiger partial charge in [0, 0.05) is 29.1 Å². The van der Waals surface area contributed by atoms with Crippen LogP contribution in [0.2, 0.25) is 0 Å². The number of rotatable bonds is 5. The molecule has 0 radical (unpaired) electrons. The largest absolute Gasteiger partial charge is 0.351 e. The first-order chi connectivity index (χ1) is 11.6. The number of hydrogen-bond acceptors (Lipinski definition) is 6. The second-order valence-corrected chi connectivity index (χ2v) is 5.80. The normalized spacial score (nSPS) is 10.5. The van der Waals surface area contributed by atoms with Gasteiger partial charge in [-0.3, -0.25) is 14.9 Å². The van der Waals surface area contributed by atoms with Crippen LogP contribution in [0.5, 0.6) is 0 Å². The first-order valence-corrected chi connectivity index (χ1v) is 7.84. The van der Waals surface area contributed by atoms with E-state index in [-0.39, 0.29) is 23.9 Å². The molecule has 0 saturated carbocycles. The molecule has 0 bridgehead atoms. The number of nitrogens with one attached hydrogen (secondary N) is 2. The van der Waals surface area contributed by atoms with Crippen LogP contribution in [0.25, 0.3) is 22.4 Å². The Morgan fingerprint density at radius 1 is 1.46 bits per heavy atom. The maximum absolute atomic E-state index is 12.0. The van der Waals surface area contributed by atoms with E-state index in [1.165, 1.54) is 6.07 Å². The SMILES string of the molecule is N#CCCNC(=O)c1ccc2[nH]c(-c3csc([N+](=O)[O-])c3)nc2c1. The lowest BCUT2D eigenvalue weighted by Crippen LogP contribution is -2.24. The molecule has 24 heavy (non-hydrogen) atoms. The molecular formula is C15H11N5O3S. The Labute approximate surface area is 139 Å². The van der Waals surface area contributed by atoms with Crippen LogP contribution < -0.4 is 5.32 Å². The zero-order valence-electron chi connectivity index (χ0n) is 12.3. The number of thiophene rings is 1. The van der Waals surface area contributed by atoms with Crippen molar-refractivity contribution in [2.75, 3.05) is 6.54 Å². The molecule has 0 saturated heterocycles. The van der Waals surface area contributed by atoms with E-state index in [2.05, 4.69) is 15.3 Å². The van der Waals surface area contributed by atoms with Gasteiger partial charge in [-0.1, -0.05) is 11.3 Å². The fourth-order valence-corrected chi connectivity index (χ4v) is 2.87. The van der Waals surface area contributed by atoms with Crippen LogP contribution >= 0.6 is 11.3 Å². The molecule has 0 fully saturated rings. The van der Waals surface area contributed by atoms with Crippen LogP contribution in [0.15, 0.2) is 29.6 Å². The van der Waals surface area contributed by atoms with Crippen molar-refractivity contribution in [3.8, 4) is 17.5 Å². The molecule has 0 atom stereocenters. The summed E-state index contributed by atoms with van der Waals surface area (Å²) in [6, 6.07) is 8.43. The maximum atomic E-state index is 12.0. The summed E-state index contributed by atoms with van der Waals surface area (Å²) in [5.74, 6) is 0.235. The van der Waals surface area contributed by atoms with E-state index in [0.717, 1.165) is 16.9 Å². The summed E-state index contributed by atoms with van der Waals surface area (Å²) in [7, 11) is 0. The van der Waals surface area contributed by atoms with E-state index in [1.807, 2.05) is 6.07 Å². The Bertz CT molecular complexity index is 969. The first kappa shape index (κ1) is 15.6. The fraction of sp³-hybridized carbons (Fsp3) is 0.133. The van der Waals surface area contributed by atoms with Gasteiger partial charge in [0.05, 0.1) is 28.4 Å². The summed E-state index contributed by atoms with van der Waals surface area (Å²) in [4.78, 5) is 29.8. The summed E-state index contributed by atoms with van der Waals surface area (Å²) in [6.45, 7) is 0.289. The van der Waals surface area contributed by atoms with Crippen molar-refractivity contribution in [2.24, 2.45) is 0 Å². The molecule has 0 spiro atoms. The number of nitrogens with zero attached hydrogens (tertiary/aromatic N) is 3. The number of aromatic amines is 1. The number of nitriles is 1.